The van der Waals surface area contributed by atoms with Gasteiger partial charge in [-0.15, -0.1) is 0 Å². The standard InChI is InChI=1S/C14H13FN2O2S/c15-10-6-11(16)8-13(7-10)20(19)9-14(18)17-12-4-2-1-3-5-12/h1-8H,9,16H2,(H,17,18). The van der Waals surface area contributed by atoms with Gasteiger partial charge >= 0.3 is 0 Å². The molecule has 0 saturated heterocycles. The molecule has 0 aliphatic carbocycles. The molecular formula is C14H13FN2O2S. The van der Waals surface area contributed by atoms with Crippen molar-refractivity contribution in [2.45, 2.75) is 4.90 Å². The highest BCUT2D eigenvalue weighted by atomic mass is 32.2. The predicted molar refractivity (Wildman–Crippen MR) is 77.2 cm³/mol. The van der Waals surface area contributed by atoms with Crippen LogP contribution < -0.4 is 11.1 Å². The first-order chi connectivity index (χ1) is 9.54. The van der Waals surface area contributed by atoms with Gasteiger partial charge in [-0.1, -0.05) is 18.2 Å². The van der Waals surface area contributed by atoms with Crippen LogP contribution in [0.15, 0.2) is 53.4 Å². The summed E-state index contributed by atoms with van der Waals surface area (Å²) < 4.78 is 25.1. The summed E-state index contributed by atoms with van der Waals surface area (Å²) in [4.78, 5) is 11.9. The second-order valence-corrected chi connectivity index (χ2v) is 5.58. The van der Waals surface area contributed by atoms with Gasteiger partial charge in [0.2, 0.25) is 5.91 Å². The normalized spacial score (nSPS) is 11.8. The van der Waals surface area contributed by atoms with E-state index in [1.807, 2.05) is 6.07 Å². The molecule has 0 bridgehead atoms. The molecule has 2 aromatic rings. The van der Waals surface area contributed by atoms with E-state index in [4.69, 9.17) is 5.73 Å². The molecule has 104 valence electrons. The maximum Gasteiger partial charge on any atom is 0.237 e. The second kappa shape index (κ2) is 6.29. The van der Waals surface area contributed by atoms with Gasteiger partial charge < -0.3 is 11.1 Å². The van der Waals surface area contributed by atoms with Gasteiger partial charge in [0, 0.05) is 16.3 Å². The fourth-order valence-electron chi connectivity index (χ4n) is 1.64. The summed E-state index contributed by atoms with van der Waals surface area (Å²) in [5, 5.41) is 2.61. The van der Waals surface area contributed by atoms with Crippen LogP contribution in [0, 0.1) is 5.82 Å². The minimum absolute atomic E-state index is 0.178. The first-order valence-electron chi connectivity index (χ1n) is 5.84. The lowest BCUT2D eigenvalue weighted by atomic mass is 10.3. The molecule has 0 saturated carbocycles. The summed E-state index contributed by atoms with van der Waals surface area (Å²) in [6, 6.07) is 12.5. The lowest BCUT2D eigenvalue weighted by molar-refractivity contribution is -0.113. The second-order valence-electron chi connectivity index (χ2n) is 4.12. The average Bonchev–Trinajstić information content (AvgIpc) is 2.38. The van der Waals surface area contributed by atoms with Crippen molar-refractivity contribution < 1.29 is 13.4 Å². The molecular weight excluding hydrogens is 279 g/mol. The number of anilines is 2. The monoisotopic (exact) mass is 292 g/mol. The van der Waals surface area contributed by atoms with Gasteiger partial charge in [-0.3, -0.25) is 9.00 Å². The number of rotatable bonds is 4. The van der Waals surface area contributed by atoms with Crippen molar-refractivity contribution in [2.24, 2.45) is 0 Å². The van der Waals surface area contributed by atoms with Crippen molar-refractivity contribution in [3.8, 4) is 0 Å². The van der Waals surface area contributed by atoms with Crippen LogP contribution in [0.5, 0.6) is 0 Å². The number of amides is 1. The Balaban J connectivity index is 2.02. The van der Waals surface area contributed by atoms with Crippen LogP contribution in [0.2, 0.25) is 0 Å². The minimum atomic E-state index is -1.64. The lowest BCUT2D eigenvalue weighted by Gasteiger charge is -2.06. The summed E-state index contributed by atoms with van der Waals surface area (Å²) in [5.74, 6) is -1.23. The smallest absolute Gasteiger partial charge is 0.237 e. The van der Waals surface area contributed by atoms with E-state index in [0.29, 0.717) is 5.69 Å². The third-order valence-electron chi connectivity index (χ3n) is 2.48. The van der Waals surface area contributed by atoms with Crippen molar-refractivity contribution in [1.29, 1.82) is 0 Å². The number of benzene rings is 2. The molecule has 1 amide bonds. The summed E-state index contributed by atoms with van der Waals surface area (Å²) in [6.45, 7) is 0. The molecule has 4 nitrogen and oxygen atoms in total. The van der Waals surface area contributed by atoms with Gasteiger partial charge in [0.1, 0.15) is 11.6 Å². The van der Waals surface area contributed by atoms with Gasteiger partial charge in [-0.2, -0.15) is 0 Å². The number of nitrogen functional groups attached to an aromatic ring is 1. The van der Waals surface area contributed by atoms with Crippen LogP contribution in [0.4, 0.5) is 15.8 Å². The third kappa shape index (κ3) is 3.89. The SMILES string of the molecule is Nc1cc(F)cc(S(=O)CC(=O)Nc2ccccc2)c1. The van der Waals surface area contributed by atoms with E-state index in [9.17, 15) is 13.4 Å². The highest BCUT2D eigenvalue weighted by Gasteiger charge is 2.12. The van der Waals surface area contributed by atoms with Crippen molar-refractivity contribution in [1.82, 2.24) is 0 Å². The van der Waals surface area contributed by atoms with Gasteiger partial charge in [-0.25, -0.2) is 4.39 Å². The van der Waals surface area contributed by atoms with Crippen LogP contribution in [0.25, 0.3) is 0 Å². The Bertz CT molecular complexity index is 627. The van der Waals surface area contributed by atoms with Crippen molar-refractivity contribution in [3.63, 3.8) is 0 Å². The van der Waals surface area contributed by atoms with E-state index in [1.54, 1.807) is 24.3 Å². The highest BCUT2D eigenvalue weighted by Crippen LogP contribution is 2.15. The quantitative estimate of drug-likeness (QED) is 0.848. The van der Waals surface area contributed by atoms with E-state index >= 15 is 0 Å². The number of para-hydroxylation sites is 1. The van der Waals surface area contributed by atoms with E-state index in [0.717, 1.165) is 12.1 Å². The molecule has 1 unspecified atom stereocenters. The molecule has 0 aliphatic heterocycles. The largest absolute Gasteiger partial charge is 0.399 e. The first kappa shape index (κ1) is 14.2. The first-order valence-corrected chi connectivity index (χ1v) is 7.16. The average molecular weight is 292 g/mol. The Morgan fingerprint density at radius 2 is 1.90 bits per heavy atom. The Morgan fingerprint density at radius 3 is 2.55 bits per heavy atom. The Hall–Kier alpha value is -2.21. The molecule has 1 atom stereocenters. The van der Waals surface area contributed by atoms with E-state index < -0.39 is 22.5 Å². The summed E-state index contributed by atoms with van der Waals surface area (Å²) >= 11 is 0. The Kier molecular flexibility index (Phi) is 4.47. The Labute approximate surface area is 118 Å². The van der Waals surface area contributed by atoms with E-state index in [2.05, 4.69) is 5.32 Å². The van der Waals surface area contributed by atoms with Crippen LogP contribution in [-0.2, 0) is 15.6 Å². The molecule has 0 spiro atoms. The molecule has 0 heterocycles. The van der Waals surface area contributed by atoms with Crippen LogP contribution in [0.1, 0.15) is 0 Å². The molecule has 6 heteroatoms. The zero-order valence-electron chi connectivity index (χ0n) is 10.5. The predicted octanol–water partition coefficient (Wildman–Crippen LogP) is 2.15. The topological polar surface area (TPSA) is 72.2 Å². The lowest BCUT2D eigenvalue weighted by Crippen LogP contribution is -2.19. The highest BCUT2D eigenvalue weighted by molar-refractivity contribution is 7.85. The molecule has 0 fully saturated rings. The number of halogens is 1. The van der Waals surface area contributed by atoms with Crippen molar-refractivity contribution in [3.05, 3.63) is 54.3 Å². The molecule has 0 aliphatic rings. The molecule has 20 heavy (non-hydrogen) atoms. The molecule has 2 aromatic carbocycles. The molecule has 2 rings (SSSR count). The van der Waals surface area contributed by atoms with Crippen LogP contribution in [0.3, 0.4) is 0 Å². The number of hydrogen-bond acceptors (Lipinski definition) is 3. The zero-order valence-corrected chi connectivity index (χ0v) is 11.3. The zero-order chi connectivity index (χ0) is 14.5. The van der Waals surface area contributed by atoms with Crippen LogP contribution >= 0.6 is 0 Å². The van der Waals surface area contributed by atoms with Gasteiger partial charge in [0.05, 0.1) is 10.8 Å². The maximum atomic E-state index is 13.2. The van der Waals surface area contributed by atoms with E-state index in [1.165, 1.54) is 6.07 Å². The van der Waals surface area contributed by atoms with Crippen LogP contribution in [-0.4, -0.2) is 15.9 Å². The number of carbonyl (C=O) groups excluding carboxylic acids is 1. The van der Waals surface area contributed by atoms with Crippen molar-refractivity contribution >= 4 is 28.1 Å². The number of nitrogens with two attached hydrogens (primary N) is 1. The maximum absolute atomic E-state index is 13.2. The minimum Gasteiger partial charge on any atom is -0.399 e. The Morgan fingerprint density at radius 1 is 1.20 bits per heavy atom. The molecule has 0 radical (unpaired) electrons. The number of carbonyl (C=O) groups is 1. The number of hydrogen-bond donors (Lipinski definition) is 2. The summed E-state index contributed by atoms with van der Waals surface area (Å²) in [6.07, 6.45) is 0. The van der Waals surface area contributed by atoms with Gasteiger partial charge in [-0.05, 0) is 30.3 Å². The van der Waals surface area contributed by atoms with Gasteiger partial charge in [0.25, 0.3) is 0 Å². The summed E-state index contributed by atoms with van der Waals surface area (Å²) in [7, 11) is -1.64. The van der Waals surface area contributed by atoms with E-state index in [-0.39, 0.29) is 16.3 Å². The fraction of sp³-hybridized carbons (Fsp3) is 0.0714. The third-order valence-corrected chi connectivity index (χ3v) is 3.76. The molecule has 3 N–H and O–H groups in total. The number of nitrogens with one attached hydrogen (secondary N) is 1. The van der Waals surface area contributed by atoms with Crippen molar-refractivity contribution in [2.75, 3.05) is 16.8 Å². The fourth-order valence-corrected chi connectivity index (χ4v) is 2.63. The summed E-state index contributed by atoms with van der Waals surface area (Å²) in [5.41, 5.74) is 6.27. The van der Waals surface area contributed by atoms with Gasteiger partial charge in [0.15, 0.2) is 0 Å². The molecule has 0 aromatic heterocycles.